The van der Waals surface area contributed by atoms with Crippen LogP contribution >= 0.6 is 0 Å². The molecule has 0 spiro atoms. The number of amides is 2. The van der Waals surface area contributed by atoms with Gasteiger partial charge in [0.25, 0.3) is 0 Å². The quantitative estimate of drug-likeness (QED) is 0.0969. The standard InChI is InChI=1S/C40H44N2O11/c1-5-50-36(46)23-32-38(53-40(48)30-21-26-9-6-7-10-33(26)52-39(30)47)37(41-34(44)19-24(2)3)29-22-28(51-18-8-17-43)15-16-31(29)42(32)35(45)20-25-11-13-27(49-4)14-12-25/h6-7,9-16,21-22,24,32,37-38,43H,5,8,17-20,23H2,1-4H3,(H,41,44)/t32-,37-,38-/m0/s1. The van der Waals surface area contributed by atoms with Gasteiger partial charge in [0.05, 0.1) is 45.2 Å². The second-order valence-corrected chi connectivity index (χ2v) is 13.0. The van der Waals surface area contributed by atoms with Crippen LogP contribution in [0.4, 0.5) is 5.69 Å². The molecule has 0 radical (unpaired) electrons. The molecular formula is C40H44N2O11. The van der Waals surface area contributed by atoms with Gasteiger partial charge in [0.15, 0.2) is 0 Å². The smallest absolute Gasteiger partial charge is 0.351 e. The van der Waals surface area contributed by atoms with Gasteiger partial charge in [-0.3, -0.25) is 14.4 Å². The van der Waals surface area contributed by atoms with Crippen molar-refractivity contribution in [1.29, 1.82) is 0 Å². The van der Waals surface area contributed by atoms with Crippen LogP contribution in [0.2, 0.25) is 0 Å². The minimum absolute atomic E-state index is 0.0349. The SMILES string of the molecule is CCOC(=O)C[C@H]1[C@H](OC(=O)c2cc3ccccc3oc2=O)[C@@H](NC(=O)CC(C)C)c2cc(OCCCO)ccc2N1C(=O)Cc1ccc(OC)cc1. The number of aliphatic hydroxyl groups is 1. The highest BCUT2D eigenvalue weighted by atomic mass is 16.6. The number of fused-ring (bicyclic) bond motifs is 2. The average Bonchev–Trinajstić information content (AvgIpc) is 3.12. The van der Waals surface area contributed by atoms with Crippen LogP contribution in [-0.2, 0) is 30.3 Å². The summed E-state index contributed by atoms with van der Waals surface area (Å²) in [6.45, 7) is 5.53. The highest BCUT2D eigenvalue weighted by molar-refractivity contribution is 5.99. The fourth-order valence-electron chi connectivity index (χ4n) is 6.29. The van der Waals surface area contributed by atoms with E-state index in [1.807, 2.05) is 13.8 Å². The fourth-order valence-corrected chi connectivity index (χ4v) is 6.29. The molecule has 4 aromatic rings. The molecule has 0 saturated carbocycles. The summed E-state index contributed by atoms with van der Waals surface area (Å²) in [4.78, 5) is 69.8. The molecule has 0 unspecified atom stereocenters. The fraction of sp³-hybridized carbons (Fsp3) is 0.375. The van der Waals surface area contributed by atoms with Crippen LogP contribution in [0.15, 0.2) is 82.0 Å². The lowest BCUT2D eigenvalue weighted by Gasteiger charge is -2.45. The van der Waals surface area contributed by atoms with Crippen molar-refractivity contribution in [3.8, 4) is 11.5 Å². The number of aliphatic hydroxyl groups excluding tert-OH is 1. The lowest BCUT2D eigenvalue weighted by atomic mass is 9.85. The molecule has 0 bridgehead atoms. The Labute approximate surface area is 306 Å². The monoisotopic (exact) mass is 728 g/mol. The Hall–Kier alpha value is -5.69. The van der Waals surface area contributed by atoms with Crippen molar-refractivity contribution in [2.75, 3.05) is 31.8 Å². The first kappa shape index (κ1) is 38.5. The van der Waals surface area contributed by atoms with E-state index in [0.717, 1.165) is 0 Å². The molecule has 1 aromatic heterocycles. The van der Waals surface area contributed by atoms with Gasteiger partial charge in [0, 0.05) is 36.1 Å². The second-order valence-electron chi connectivity index (χ2n) is 13.0. The van der Waals surface area contributed by atoms with Gasteiger partial charge in [-0.25, -0.2) is 9.59 Å². The highest BCUT2D eigenvalue weighted by Crippen LogP contribution is 2.43. The predicted molar refractivity (Wildman–Crippen MR) is 195 cm³/mol. The summed E-state index contributed by atoms with van der Waals surface area (Å²) in [5.41, 5.74) is 0.275. The third-order valence-corrected chi connectivity index (χ3v) is 8.68. The molecule has 280 valence electrons. The van der Waals surface area contributed by atoms with Gasteiger partial charge in [-0.1, -0.05) is 44.2 Å². The normalized spacial score (nSPS) is 16.5. The summed E-state index contributed by atoms with van der Waals surface area (Å²) in [6.07, 6.45) is -1.47. The number of rotatable bonds is 15. The van der Waals surface area contributed by atoms with Crippen LogP contribution in [0.3, 0.4) is 0 Å². The number of hydrogen-bond acceptors (Lipinski definition) is 11. The molecule has 53 heavy (non-hydrogen) atoms. The van der Waals surface area contributed by atoms with Crippen molar-refractivity contribution in [3.05, 3.63) is 99.9 Å². The van der Waals surface area contributed by atoms with E-state index in [4.69, 9.17) is 23.4 Å². The zero-order chi connectivity index (χ0) is 38.1. The number of esters is 2. The van der Waals surface area contributed by atoms with E-state index in [1.165, 1.54) is 18.1 Å². The van der Waals surface area contributed by atoms with Crippen molar-refractivity contribution in [2.24, 2.45) is 5.92 Å². The van der Waals surface area contributed by atoms with Crippen LogP contribution < -0.4 is 25.3 Å². The molecule has 3 aromatic carbocycles. The van der Waals surface area contributed by atoms with E-state index < -0.39 is 53.6 Å². The highest BCUT2D eigenvalue weighted by Gasteiger charge is 2.48. The van der Waals surface area contributed by atoms with Gasteiger partial charge in [0.1, 0.15) is 28.7 Å². The molecule has 0 saturated heterocycles. The minimum atomic E-state index is -1.41. The summed E-state index contributed by atoms with van der Waals surface area (Å²) in [5.74, 6) is -1.64. The zero-order valence-corrected chi connectivity index (χ0v) is 30.2. The molecule has 3 atom stereocenters. The van der Waals surface area contributed by atoms with Crippen LogP contribution in [0.1, 0.15) is 67.6 Å². The number of methoxy groups -OCH3 is 1. The minimum Gasteiger partial charge on any atom is -0.497 e. The molecule has 2 heterocycles. The van der Waals surface area contributed by atoms with Crippen molar-refractivity contribution < 1.29 is 47.6 Å². The first-order valence-electron chi connectivity index (χ1n) is 17.5. The van der Waals surface area contributed by atoms with Gasteiger partial charge in [-0.2, -0.15) is 0 Å². The molecule has 13 nitrogen and oxygen atoms in total. The van der Waals surface area contributed by atoms with E-state index in [-0.39, 0.29) is 50.1 Å². The predicted octanol–water partition coefficient (Wildman–Crippen LogP) is 4.90. The Balaban J connectivity index is 1.67. The van der Waals surface area contributed by atoms with Crippen molar-refractivity contribution in [2.45, 2.75) is 64.6 Å². The van der Waals surface area contributed by atoms with Crippen molar-refractivity contribution >= 4 is 40.4 Å². The first-order valence-corrected chi connectivity index (χ1v) is 17.5. The number of nitrogens with zero attached hydrogens (tertiary/aromatic N) is 1. The largest absolute Gasteiger partial charge is 0.497 e. The van der Waals surface area contributed by atoms with Gasteiger partial charge < -0.3 is 38.7 Å². The van der Waals surface area contributed by atoms with Gasteiger partial charge in [-0.15, -0.1) is 0 Å². The molecule has 2 N–H and O–H groups in total. The molecule has 5 rings (SSSR count). The number of anilines is 1. The number of para-hydroxylation sites is 1. The molecule has 1 aliphatic heterocycles. The number of ether oxygens (including phenoxy) is 4. The molecule has 0 fully saturated rings. The molecule has 2 amide bonds. The van der Waals surface area contributed by atoms with Crippen LogP contribution in [0, 0.1) is 5.92 Å². The van der Waals surface area contributed by atoms with Crippen molar-refractivity contribution in [3.63, 3.8) is 0 Å². The maximum Gasteiger partial charge on any atom is 0.351 e. The Morgan fingerprint density at radius 1 is 0.981 bits per heavy atom. The third kappa shape index (κ3) is 9.41. The number of nitrogens with one attached hydrogen (secondary N) is 1. The molecular weight excluding hydrogens is 684 g/mol. The van der Waals surface area contributed by atoms with E-state index in [9.17, 15) is 29.1 Å². The lowest BCUT2D eigenvalue weighted by molar-refractivity contribution is -0.144. The number of hydrogen-bond donors (Lipinski definition) is 2. The number of carbonyl (C=O) groups excluding carboxylic acids is 4. The lowest BCUT2D eigenvalue weighted by Crippen LogP contribution is -2.59. The molecule has 0 aliphatic carbocycles. The van der Waals surface area contributed by atoms with Crippen LogP contribution in [0.25, 0.3) is 11.0 Å². The summed E-state index contributed by atoms with van der Waals surface area (Å²) in [6, 6.07) is 17.6. The van der Waals surface area contributed by atoms with E-state index in [1.54, 1.807) is 73.7 Å². The zero-order valence-electron chi connectivity index (χ0n) is 30.2. The van der Waals surface area contributed by atoms with Crippen LogP contribution in [0.5, 0.6) is 11.5 Å². The maximum atomic E-state index is 14.5. The second kappa shape index (κ2) is 17.7. The summed E-state index contributed by atoms with van der Waals surface area (Å²) < 4.78 is 28.1. The van der Waals surface area contributed by atoms with Gasteiger partial charge in [-0.05, 0) is 60.9 Å². The Kier molecular flexibility index (Phi) is 12.9. The van der Waals surface area contributed by atoms with Gasteiger partial charge >= 0.3 is 17.6 Å². The first-order chi connectivity index (χ1) is 25.5. The van der Waals surface area contributed by atoms with Crippen molar-refractivity contribution in [1.82, 2.24) is 5.32 Å². The Morgan fingerprint density at radius 2 is 1.72 bits per heavy atom. The van der Waals surface area contributed by atoms with Gasteiger partial charge in [0.2, 0.25) is 11.8 Å². The summed E-state index contributed by atoms with van der Waals surface area (Å²) >= 11 is 0. The topological polar surface area (TPSA) is 171 Å². The maximum absolute atomic E-state index is 14.5. The van der Waals surface area contributed by atoms with Crippen LogP contribution in [-0.4, -0.2) is 67.9 Å². The summed E-state index contributed by atoms with van der Waals surface area (Å²) in [7, 11) is 1.53. The summed E-state index contributed by atoms with van der Waals surface area (Å²) in [5, 5.41) is 12.8. The van der Waals surface area contributed by atoms with E-state index in [0.29, 0.717) is 40.1 Å². The molecule has 1 aliphatic rings. The third-order valence-electron chi connectivity index (χ3n) is 8.68. The van der Waals surface area contributed by atoms with E-state index >= 15 is 0 Å². The number of benzene rings is 3. The Morgan fingerprint density at radius 3 is 2.42 bits per heavy atom. The average molecular weight is 729 g/mol. The molecule has 13 heteroatoms. The van der Waals surface area contributed by atoms with E-state index in [2.05, 4.69) is 5.32 Å². The Bertz CT molecular complexity index is 1990. The number of carbonyl (C=O) groups is 4.